The summed E-state index contributed by atoms with van der Waals surface area (Å²) in [6.07, 6.45) is -4.45. The maximum Gasteiger partial charge on any atom is 0.416 e. The number of amides is 1. The molecule has 0 bridgehead atoms. The zero-order chi connectivity index (χ0) is 24.5. The summed E-state index contributed by atoms with van der Waals surface area (Å²) in [6, 6.07) is 15.1. The lowest BCUT2D eigenvalue weighted by molar-refractivity contribution is -0.137. The average molecular weight is 473 g/mol. The fourth-order valence-corrected chi connectivity index (χ4v) is 3.89. The molecule has 0 spiro atoms. The molecule has 3 aromatic carbocycles. The van der Waals surface area contributed by atoms with Crippen molar-refractivity contribution in [1.82, 2.24) is 4.90 Å². The average Bonchev–Trinajstić information content (AvgIpc) is 3.09. The van der Waals surface area contributed by atoms with Gasteiger partial charge in [-0.1, -0.05) is 12.1 Å². The Morgan fingerprint density at radius 1 is 0.941 bits per heavy atom. The number of ether oxygens (including phenoxy) is 2. The van der Waals surface area contributed by atoms with Crippen molar-refractivity contribution >= 4 is 5.91 Å². The van der Waals surface area contributed by atoms with Gasteiger partial charge in [0.25, 0.3) is 5.91 Å². The van der Waals surface area contributed by atoms with Crippen LogP contribution in [0.2, 0.25) is 0 Å². The molecule has 0 fully saturated rings. The second kappa shape index (κ2) is 9.37. The Morgan fingerprint density at radius 2 is 1.59 bits per heavy atom. The van der Waals surface area contributed by atoms with Crippen molar-refractivity contribution in [1.29, 1.82) is 0 Å². The second-order valence-electron chi connectivity index (χ2n) is 8.32. The molecule has 1 aliphatic rings. The van der Waals surface area contributed by atoms with Crippen LogP contribution in [0.3, 0.4) is 0 Å². The molecule has 0 aromatic heterocycles. The van der Waals surface area contributed by atoms with E-state index in [4.69, 9.17) is 9.47 Å². The van der Waals surface area contributed by atoms with Crippen LogP contribution < -0.4 is 9.47 Å². The lowest BCUT2D eigenvalue weighted by atomic mass is 10.1. The Kier molecular flexibility index (Phi) is 6.50. The van der Waals surface area contributed by atoms with E-state index >= 15 is 0 Å². The molecule has 1 unspecified atom stereocenters. The number of benzene rings is 3. The number of rotatable bonds is 7. The third-order valence-corrected chi connectivity index (χ3v) is 5.50. The number of nitrogens with zero attached hydrogens (tertiary/aromatic N) is 1. The second-order valence-corrected chi connectivity index (χ2v) is 8.32. The summed E-state index contributed by atoms with van der Waals surface area (Å²) < 4.78 is 63.8. The van der Waals surface area contributed by atoms with Crippen molar-refractivity contribution in [2.24, 2.45) is 0 Å². The highest BCUT2D eigenvalue weighted by Crippen LogP contribution is 2.34. The molecule has 1 aliphatic heterocycles. The first-order valence-corrected chi connectivity index (χ1v) is 10.8. The minimum absolute atomic E-state index is 0.00202. The van der Waals surface area contributed by atoms with Gasteiger partial charge in [0.1, 0.15) is 23.9 Å². The Hall–Kier alpha value is -3.55. The molecular formula is C26H23F4NO3. The van der Waals surface area contributed by atoms with Crippen LogP contribution >= 0.6 is 0 Å². The molecule has 4 rings (SSSR count). The van der Waals surface area contributed by atoms with Gasteiger partial charge in [-0.05, 0) is 79.6 Å². The van der Waals surface area contributed by atoms with Crippen LogP contribution in [-0.2, 0) is 12.7 Å². The molecule has 3 aromatic rings. The normalized spacial score (nSPS) is 14.3. The van der Waals surface area contributed by atoms with E-state index in [1.807, 2.05) is 26.0 Å². The molecule has 178 valence electrons. The topological polar surface area (TPSA) is 38.8 Å². The molecule has 1 amide bonds. The van der Waals surface area contributed by atoms with Crippen molar-refractivity contribution < 1.29 is 31.8 Å². The summed E-state index contributed by atoms with van der Waals surface area (Å²) in [5.74, 6) is 0.215. The minimum atomic E-state index is -4.44. The fourth-order valence-electron chi connectivity index (χ4n) is 3.89. The predicted molar refractivity (Wildman–Crippen MR) is 118 cm³/mol. The third kappa shape index (κ3) is 5.16. The van der Waals surface area contributed by atoms with Crippen LogP contribution in [0.4, 0.5) is 17.6 Å². The molecule has 1 atom stereocenters. The summed E-state index contributed by atoms with van der Waals surface area (Å²) in [5, 5.41) is 0. The van der Waals surface area contributed by atoms with Gasteiger partial charge >= 0.3 is 6.18 Å². The zero-order valence-electron chi connectivity index (χ0n) is 18.6. The molecule has 8 heteroatoms. The summed E-state index contributed by atoms with van der Waals surface area (Å²) in [7, 11) is 0. The van der Waals surface area contributed by atoms with Crippen molar-refractivity contribution in [2.75, 3.05) is 6.61 Å². The molecule has 4 nitrogen and oxygen atoms in total. The largest absolute Gasteiger partial charge is 0.491 e. The van der Waals surface area contributed by atoms with Gasteiger partial charge in [-0.2, -0.15) is 13.2 Å². The number of fused-ring (bicyclic) bond motifs is 1. The highest BCUT2D eigenvalue weighted by atomic mass is 19.4. The molecule has 0 radical (unpaired) electrons. The number of carbonyl (C=O) groups is 1. The predicted octanol–water partition coefficient (Wildman–Crippen LogP) is 6.41. The smallest absolute Gasteiger partial charge is 0.416 e. The van der Waals surface area contributed by atoms with Crippen LogP contribution in [-0.4, -0.2) is 23.5 Å². The first-order valence-electron chi connectivity index (χ1n) is 10.8. The van der Waals surface area contributed by atoms with Crippen LogP contribution in [0.25, 0.3) is 0 Å². The van der Waals surface area contributed by atoms with Crippen molar-refractivity contribution in [3.05, 3.63) is 94.8 Å². The fraction of sp³-hybridized carbons (Fsp3) is 0.269. The lowest BCUT2D eigenvalue weighted by Crippen LogP contribution is -2.33. The quantitative estimate of drug-likeness (QED) is 0.373. The summed E-state index contributed by atoms with van der Waals surface area (Å²) in [5.41, 5.74) is 0.971. The highest BCUT2D eigenvalue weighted by Gasteiger charge is 2.34. The van der Waals surface area contributed by atoms with Crippen molar-refractivity contribution in [2.45, 2.75) is 38.7 Å². The molecule has 34 heavy (non-hydrogen) atoms. The molecule has 0 N–H and O–H groups in total. The van der Waals surface area contributed by atoms with E-state index in [-0.39, 0.29) is 30.9 Å². The van der Waals surface area contributed by atoms with Gasteiger partial charge < -0.3 is 14.4 Å². The highest BCUT2D eigenvalue weighted by molar-refractivity contribution is 5.98. The maximum absolute atomic E-state index is 13.7. The van der Waals surface area contributed by atoms with E-state index in [1.165, 1.54) is 30.3 Å². The summed E-state index contributed by atoms with van der Waals surface area (Å²) in [6.45, 7) is 4.01. The van der Waals surface area contributed by atoms with Gasteiger partial charge in [0.15, 0.2) is 0 Å². The lowest BCUT2D eigenvalue weighted by Gasteiger charge is -2.28. The summed E-state index contributed by atoms with van der Waals surface area (Å²) in [4.78, 5) is 14.7. The van der Waals surface area contributed by atoms with E-state index in [0.29, 0.717) is 16.9 Å². The molecular weight excluding hydrogens is 450 g/mol. The molecule has 0 aliphatic carbocycles. The zero-order valence-corrected chi connectivity index (χ0v) is 18.6. The Morgan fingerprint density at radius 3 is 2.21 bits per heavy atom. The Balaban J connectivity index is 1.59. The molecule has 0 saturated carbocycles. The van der Waals surface area contributed by atoms with E-state index in [0.717, 1.165) is 17.7 Å². The Labute approximate surface area is 194 Å². The van der Waals surface area contributed by atoms with Crippen molar-refractivity contribution in [3.8, 4) is 11.5 Å². The van der Waals surface area contributed by atoms with Gasteiger partial charge in [-0.25, -0.2) is 4.39 Å². The standard InChI is InChI=1S/C26H23F4NO3/c1-16(2)34-22-8-3-17(4-9-22)24(15-33-21-10-5-19(6-11-21)26(28,29)30)31-14-18-13-20(27)7-12-23(18)25(31)32/h3-13,16,24H,14-15H2,1-2H3. The molecule has 1 heterocycles. The summed E-state index contributed by atoms with van der Waals surface area (Å²) >= 11 is 0. The van der Waals surface area contributed by atoms with E-state index in [1.54, 1.807) is 17.0 Å². The number of alkyl halides is 3. The first-order chi connectivity index (χ1) is 16.1. The van der Waals surface area contributed by atoms with Crippen LogP contribution in [0.15, 0.2) is 66.7 Å². The van der Waals surface area contributed by atoms with Gasteiger partial charge in [-0.15, -0.1) is 0 Å². The minimum Gasteiger partial charge on any atom is -0.491 e. The third-order valence-electron chi connectivity index (χ3n) is 5.50. The number of carbonyl (C=O) groups excluding carboxylic acids is 1. The number of hydrogen-bond acceptors (Lipinski definition) is 3. The van der Waals surface area contributed by atoms with Gasteiger partial charge in [-0.3, -0.25) is 4.79 Å². The van der Waals surface area contributed by atoms with Gasteiger partial charge in [0, 0.05) is 12.1 Å². The van der Waals surface area contributed by atoms with Crippen LogP contribution in [0, 0.1) is 5.82 Å². The van der Waals surface area contributed by atoms with E-state index in [9.17, 15) is 22.4 Å². The van der Waals surface area contributed by atoms with Gasteiger partial charge in [0.05, 0.1) is 17.7 Å². The van der Waals surface area contributed by atoms with Crippen molar-refractivity contribution in [3.63, 3.8) is 0 Å². The maximum atomic E-state index is 13.7. The number of hydrogen-bond donors (Lipinski definition) is 0. The first kappa shape index (κ1) is 23.6. The van der Waals surface area contributed by atoms with Crippen LogP contribution in [0.5, 0.6) is 11.5 Å². The van der Waals surface area contributed by atoms with E-state index in [2.05, 4.69) is 0 Å². The SMILES string of the molecule is CC(C)Oc1ccc(C(COc2ccc(C(F)(F)F)cc2)N2Cc3cc(F)ccc3C2=O)cc1. The Bertz CT molecular complexity index is 1160. The van der Waals surface area contributed by atoms with Gasteiger partial charge in [0.2, 0.25) is 0 Å². The monoisotopic (exact) mass is 473 g/mol. The van der Waals surface area contributed by atoms with Crippen LogP contribution in [0.1, 0.15) is 46.9 Å². The van der Waals surface area contributed by atoms with E-state index < -0.39 is 23.6 Å². The molecule has 0 saturated heterocycles. The number of halogens is 4.